The molecule has 0 aliphatic heterocycles. The monoisotopic (exact) mass is 260 g/mol. The second-order valence-electron chi connectivity index (χ2n) is 3.10. The lowest BCUT2D eigenvalue weighted by Crippen LogP contribution is -2.04. The minimum absolute atomic E-state index is 0.0727. The van der Waals surface area contributed by atoms with E-state index >= 15 is 0 Å². The lowest BCUT2D eigenvalue weighted by Gasteiger charge is -2.09. The van der Waals surface area contributed by atoms with Crippen LogP contribution in [-0.4, -0.2) is 8.42 Å². The van der Waals surface area contributed by atoms with Crippen molar-refractivity contribution in [2.75, 3.05) is 0 Å². The Morgan fingerprint density at radius 2 is 2.24 bits per heavy atom. The lowest BCUT2D eigenvalue weighted by atomic mass is 10.1. The molecule has 0 aliphatic carbocycles. The molecule has 1 rings (SSSR count). The molecule has 1 aromatic carbocycles. The number of azide groups is 1. The molecule has 0 saturated heterocycles. The van der Waals surface area contributed by atoms with Gasteiger partial charge in [-0.05, 0) is 35.7 Å². The molecule has 7 nitrogen and oxygen atoms in total. The van der Waals surface area contributed by atoms with Gasteiger partial charge in [-0.1, -0.05) is 9.00 Å². The van der Waals surface area contributed by atoms with Crippen molar-refractivity contribution >= 4 is 16.2 Å². The number of halogens is 1. The van der Waals surface area contributed by atoms with Crippen LogP contribution in [0.15, 0.2) is 17.2 Å². The molecule has 0 amide bonds. The fourth-order valence-electron chi connectivity index (χ4n) is 1.26. The fourth-order valence-corrected chi connectivity index (χ4v) is 1.58. The Morgan fingerprint density at radius 1 is 1.59 bits per heavy atom. The molecule has 2 N–H and O–H groups in total. The molecule has 0 heterocycles. The van der Waals surface area contributed by atoms with Crippen molar-refractivity contribution in [2.24, 2.45) is 10.8 Å². The van der Waals surface area contributed by atoms with E-state index in [0.29, 0.717) is 11.1 Å². The molecule has 0 atom stereocenters. The largest absolute Gasteiger partial charge is 0.488 e. The summed E-state index contributed by atoms with van der Waals surface area (Å²) < 4.78 is 37.1. The minimum Gasteiger partial charge on any atom is -0.358 e. The van der Waals surface area contributed by atoms with Crippen LogP contribution in [-0.2, 0) is 17.0 Å². The van der Waals surface area contributed by atoms with E-state index in [1.54, 1.807) is 6.92 Å². The summed E-state index contributed by atoms with van der Waals surface area (Å²) >= 11 is 0. The minimum atomic E-state index is -5.12. The van der Waals surface area contributed by atoms with E-state index in [1.807, 2.05) is 0 Å². The van der Waals surface area contributed by atoms with Gasteiger partial charge in [-0.3, -0.25) is 0 Å². The Bertz CT molecular complexity index is 581. The molecule has 92 valence electrons. The normalized spacial score (nSPS) is 10.8. The van der Waals surface area contributed by atoms with Gasteiger partial charge in [-0.15, -0.1) is 0 Å². The van der Waals surface area contributed by atoms with Gasteiger partial charge in [0.05, 0.1) is 0 Å². The smallest absolute Gasteiger partial charge is 0.358 e. The van der Waals surface area contributed by atoms with E-state index in [-0.39, 0.29) is 18.0 Å². The predicted octanol–water partition coefficient (Wildman–Crippen LogP) is 1.99. The number of nitrogens with zero attached hydrogens (tertiary/aromatic N) is 3. The standard InChI is InChI=1S/C8H9FN4O3S/c1-5-6(4-10)2-7(16-17(9,14)15)3-8(5)12-13-11/h2-3H,4,10H2,1H3. The lowest BCUT2D eigenvalue weighted by molar-refractivity contribution is 0.440. The number of nitrogens with two attached hydrogens (primary N) is 1. The SMILES string of the molecule is Cc1c(CN)cc(OS(=O)(=O)F)cc1N=[N+]=[N-]. The van der Waals surface area contributed by atoms with Gasteiger partial charge in [0.15, 0.2) is 0 Å². The molecule has 0 unspecified atom stereocenters. The number of rotatable bonds is 4. The van der Waals surface area contributed by atoms with Crippen LogP contribution in [0.4, 0.5) is 9.57 Å². The quantitative estimate of drug-likeness (QED) is 0.385. The molecular formula is C8H9FN4O3S. The van der Waals surface area contributed by atoms with Crippen molar-refractivity contribution in [2.45, 2.75) is 13.5 Å². The summed E-state index contributed by atoms with van der Waals surface area (Å²) in [5.41, 5.74) is 14.9. The molecule has 0 saturated carbocycles. The highest BCUT2D eigenvalue weighted by Crippen LogP contribution is 2.29. The van der Waals surface area contributed by atoms with Gasteiger partial charge >= 0.3 is 10.5 Å². The van der Waals surface area contributed by atoms with Crippen molar-refractivity contribution in [1.29, 1.82) is 0 Å². The summed E-state index contributed by atoms with van der Waals surface area (Å²) in [4.78, 5) is 2.57. The van der Waals surface area contributed by atoms with Crippen LogP contribution in [0.25, 0.3) is 10.4 Å². The summed E-state index contributed by atoms with van der Waals surface area (Å²) in [7, 11) is -5.12. The number of hydrogen-bond donors (Lipinski definition) is 1. The van der Waals surface area contributed by atoms with Crippen LogP contribution < -0.4 is 9.92 Å². The molecule has 17 heavy (non-hydrogen) atoms. The predicted molar refractivity (Wildman–Crippen MR) is 58.5 cm³/mol. The first kappa shape index (κ1) is 13.2. The van der Waals surface area contributed by atoms with Gasteiger partial charge in [0.2, 0.25) is 0 Å². The summed E-state index contributed by atoms with van der Waals surface area (Å²) in [5.74, 6) is -0.291. The third-order valence-corrected chi connectivity index (χ3v) is 2.42. The highest BCUT2D eigenvalue weighted by molar-refractivity contribution is 7.81. The maximum Gasteiger partial charge on any atom is 0.488 e. The highest BCUT2D eigenvalue weighted by Gasteiger charge is 2.13. The Hall–Kier alpha value is -1.83. The third kappa shape index (κ3) is 3.59. The highest BCUT2D eigenvalue weighted by atomic mass is 32.3. The summed E-state index contributed by atoms with van der Waals surface area (Å²) in [5, 5.41) is 3.33. The topological polar surface area (TPSA) is 118 Å². The van der Waals surface area contributed by atoms with Crippen LogP contribution in [0.3, 0.4) is 0 Å². The summed E-state index contributed by atoms with van der Waals surface area (Å²) in [6.45, 7) is 1.71. The van der Waals surface area contributed by atoms with Crippen LogP contribution in [0.1, 0.15) is 11.1 Å². The molecule has 0 aliphatic rings. The van der Waals surface area contributed by atoms with Gasteiger partial charge in [0, 0.05) is 17.1 Å². The first-order valence-corrected chi connectivity index (χ1v) is 5.71. The molecule has 0 bridgehead atoms. The molecule has 0 radical (unpaired) electrons. The van der Waals surface area contributed by atoms with Crippen LogP contribution >= 0.6 is 0 Å². The van der Waals surface area contributed by atoms with Gasteiger partial charge in [0.25, 0.3) is 0 Å². The van der Waals surface area contributed by atoms with Crippen LogP contribution in [0.2, 0.25) is 0 Å². The zero-order chi connectivity index (χ0) is 13.1. The molecule has 0 spiro atoms. The maximum atomic E-state index is 12.3. The van der Waals surface area contributed by atoms with Gasteiger partial charge in [-0.25, -0.2) is 0 Å². The molecule has 9 heteroatoms. The molecular weight excluding hydrogens is 251 g/mol. The average molecular weight is 260 g/mol. The second-order valence-corrected chi connectivity index (χ2v) is 4.05. The third-order valence-electron chi connectivity index (χ3n) is 2.03. The van der Waals surface area contributed by atoms with E-state index in [9.17, 15) is 12.3 Å². The Labute approximate surface area is 97.0 Å². The average Bonchev–Trinajstić information content (AvgIpc) is 2.20. The van der Waals surface area contributed by atoms with Crippen molar-refractivity contribution in [3.63, 3.8) is 0 Å². The maximum absolute atomic E-state index is 12.3. The van der Waals surface area contributed by atoms with E-state index < -0.39 is 10.5 Å². The van der Waals surface area contributed by atoms with Crippen LogP contribution in [0.5, 0.6) is 5.75 Å². The van der Waals surface area contributed by atoms with Crippen molar-refractivity contribution in [3.05, 3.63) is 33.7 Å². The number of hydrogen-bond acceptors (Lipinski definition) is 5. The van der Waals surface area contributed by atoms with Crippen molar-refractivity contribution in [3.8, 4) is 5.75 Å². The van der Waals surface area contributed by atoms with Gasteiger partial charge in [0.1, 0.15) is 5.75 Å². The van der Waals surface area contributed by atoms with Crippen LogP contribution in [0, 0.1) is 6.92 Å². The van der Waals surface area contributed by atoms with E-state index in [0.717, 1.165) is 6.07 Å². The summed E-state index contributed by atoms with van der Waals surface area (Å²) in [6.07, 6.45) is 0. The number of benzene rings is 1. The molecule has 0 fully saturated rings. The molecule has 1 aromatic rings. The first-order valence-electron chi connectivity index (χ1n) is 4.40. The van der Waals surface area contributed by atoms with Crippen molar-refractivity contribution < 1.29 is 16.5 Å². The Kier molecular flexibility index (Phi) is 3.89. The Balaban J connectivity index is 3.34. The first-order chi connectivity index (χ1) is 7.87. The summed E-state index contributed by atoms with van der Waals surface area (Å²) in [6, 6.07) is 2.38. The van der Waals surface area contributed by atoms with E-state index in [4.69, 9.17) is 11.3 Å². The van der Waals surface area contributed by atoms with Gasteiger partial charge in [-0.2, -0.15) is 8.42 Å². The van der Waals surface area contributed by atoms with Gasteiger partial charge < -0.3 is 9.92 Å². The second kappa shape index (κ2) is 5.00. The zero-order valence-corrected chi connectivity index (χ0v) is 9.61. The van der Waals surface area contributed by atoms with Crippen molar-refractivity contribution in [1.82, 2.24) is 0 Å². The fraction of sp³-hybridized carbons (Fsp3) is 0.250. The molecule has 0 aromatic heterocycles. The Morgan fingerprint density at radius 3 is 2.71 bits per heavy atom. The zero-order valence-electron chi connectivity index (χ0n) is 8.79. The van der Waals surface area contributed by atoms with E-state index in [2.05, 4.69) is 14.2 Å². The van der Waals surface area contributed by atoms with E-state index in [1.165, 1.54) is 6.07 Å².